The summed E-state index contributed by atoms with van der Waals surface area (Å²) in [4.78, 5) is 15.0. The molecular formula is C16H15N3O2S2. The lowest BCUT2D eigenvalue weighted by Crippen LogP contribution is -2.27. The zero-order chi connectivity index (χ0) is 16.1. The van der Waals surface area contributed by atoms with Gasteiger partial charge in [0.25, 0.3) is 5.22 Å². The van der Waals surface area contributed by atoms with Crippen molar-refractivity contribution in [3.63, 3.8) is 0 Å². The number of aromatic nitrogens is 2. The van der Waals surface area contributed by atoms with Crippen LogP contribution in [0.4, 0.5) is 0 Å². The third-order valence-electron chi connectivity index (χ3n) is 3.15. The van der Waals surface area contributed by atoms with Gasteiger partial charge in [-0.3, -0.25) is 4.79 Å². The molecule has 0 aliphatic rings. The maximum absolute atomic E-state index is 12.1. The molecule has 0 aliphatic heterocycles. The summed E-state index contributed by atoms with van der Waals surface area (Å²) in [6, 6.07) is 13.6. The molecule has 0 spiro atoms. The predicted octanol–water partition coefficient (Wildman–Crippen LogP) is 3.55. The SMILES string of the molecule is CN(Cc1cccs1)C(=O)CSc1nnc(-c2ccccc2)o1. The minimum Gasteiger partial charge on any atom is -0.411 e. The van der Waals surface area contributed by atoms with Crippen LogP contribution in [0.1, 0.15) is 4.88 Å². The lowest BCUT2D eigenvalue weighted by molar-refractivity contribution is -0.127. The van der Waals surface area contributed by atoms with Crippen LogP contribution in [0.2, 0.25) is 0 Å². The molecule has 0 N–H and O–H groups in total. The second-order valence-electron chi connectivity index (χ2n) is 4.86. The van der Waals surface area contributed by atoms with Crippen molar-refractivity contribution in [1.82, 2.24) is 15.1 Å². The summed E-state index contributed by atoms with van der Waals surface area (Å²) in [5.41, 5.74) is 0.869. The molecule has 0 atom stereocenters. The summed E-state index contributed by atoms with van der Waals surface area (Å²) in [5.74, 6) is 0.772. The summed E-state index contributed by atoms with van der Waals surface area (Å²) in [6.07, 6.45) is 0. The van der Waals surface area contributed by atoms with Gasteiger partial charge in [-0.05, 0) is 23.6 Å². The average molecular weight is 345 g/mol. The van der Waals surface area contributed by atoms with Crippen molar-refractivity contribution in [2.45, 2.75) is 11.8 Å². The molecule has 118 valence electrons. The van der Waals surface area contributed by atoms with Crippen molar-refractivity contribution in [3.8, 4) is 11.5 Å². The van der Waals surface area contributed by atoms with E-state index in [1.54, 1.807) is 23.3 Å². The van der Waals surface area contributed by atoms with E-state index in [1.165, 1.54) is 11.8 Å². The highest BCUT2D eigenvalue weighted by molar-refractivity contribution is 7.99. The fourth-order valence-electron chi connectivity index (χ4n) is 1.92. The van der Waals surface area contributed by atoms with E-state index in [2.05, 4.69) is 10.2 Å². The summed E-state index contributed by atoms with van der Waals surface area (Å²) >= 11 is 2.90. The third kappa shape index (κ3) is 4.20. The quantitative estimate of drug-likeness (QED) is 0.640. The molecule has 0 saturated heterocycles. The lowest BCUT2D eigenvalue weighted by atomic mass is 10.2. The molecule has 0 radical (unpaired) electrons. The van der Waals surface area contributed by atoms with Gasteiger partial charge in [0.05, 0.1) is 12.3 Å². The van der Waals surface area contributed by atoms with Crippen molar-refractivity contribution in [2.24, 2.45) is 0 Å². The molecule has 2 heterocycles. The number of thiophene rings is 1. The third-order valence-corrected chi connectivity index (χ3v) is 4.81. The summed E-state index contributed by atoms with van der Waals surface area (Å²) in [5, 5.41) is 10.4. The highest BCUT2D eigenvalue weighted by atomic mass is 32.2. The van der Waals surface area contributed by atoms with Crippen molar-refractivity contribution in [3.05, 3.63) is 52.7 Å². The van der Waals surface area contributed by atoms with Crippen LogP contribution in [0.25, 0.3) is 11.5 Å². The number of nitrogens with zero attached hydrogens (tertiary/aromatic N) is 3. The van der Waals surface area contributed by atoms with E-state index in [9.17, 15) is 4.79 Å². The first-order valence-electron chi connectivity index (χ1n) is 7.00. The first kappa shape index (κ1) is 15.8. The number of amides is 1. The first-order valence-corrected chi connectivity index (χ1v) is 8.87. The number of carbonyl (C=O) groups excluding carboxylic acids is 1. The molecule has 0 bridgehead atoms. The average Bonchev–Trinajstić information content (AvgIpc) is 3.25. The van der Waals surface area contributed by atoms with E-state index in [-0.39, 0.29) is 11.7 Å². The van der Waals surface area contributed by atoms with Gasteiger partial charge in [-0.2, -0.15) is 0 Å². The second-order valence-corrected chi connectivity index (χ2v) is 6.82. The summed E-state index contributed by atoms with van der Waals surface area (Å²) in [6.45, 7) is 0.621. The highest BCUT2D eigenvalue weighted by Crippen LogP contribution is 2.23. The van der Waals surface area contributed by atoms with E-state index in [0.717, 1.165) is 10.4 Å². The van der Waals surface area contributed by atoms with Crippen LogP contribution < -0.4 is 0 Å². The fraction of sp³-hybridized carbons (Fsp3) is 0.188. The first-order chi connectivity index (χ1) is 11.2. The Labute approximate surface area is 142 Å². The summed E-state index contributed by atoms with van der Waals surface area (Å²) in [7, 11) is 1.80. The Kier molecular flexibility index (Phi) is 5.09. The molecule has 7 heteroatoms. The smallest absolute Gasteiger partial charge is 0.277 e. The van der Waals surface area contributed by atoms with Crippen molar-refractivity contribution in [1.29, 1.82) is 0 Å². The number of hydrogen-bond acceptors (Lipinski definition) is 6. The Bertz CT molecular complexity index is 757. The Morgan fingerprint density at radius 2 is 2.04 bits per heavy atom. The van der Waals surface area contributed by atoms with Gasteiger partial charge in [0.15, 0.2) is 0 Å². The highest BCUT2D eigenvalue weighted by Gasteiger charge is 2.14. The molecule has 0 unspecified atom stereocenters. The topological polar surface area (TPSA) is 59.2 Å². The second kappa shape index (κ2) is 7.43. The van der Waals surface area contributed by atoms with Gasteiger partial charge in [0.1, 0.15) is 0 Å². The van der Waals surface area contributed by atoms with Gasteiger partial charge >= 0.3 is 0 Å². The van der Waals surface area contributed by atoms with Crippen LogP contribution in [-0.4, -0.2) is 33.8 Å². The molecule has 5 nitrogen and oxygen atoms in total. The number of carbonyl (C=O) groups is 1. The Balaban J connectivity index is 1.54. The Morgan fingerprint density at radius 3 is 2.78 bits per heavy atom. The molecule has 3 aromatic rings. The van der Waals surface area contributed by atoms with Crippen LogP contribution >= 0.6 is 23.1 Å². The van der Waals surface area contributed by atoms with E-state index in [4.69, 9.17) is 4.42 Å². The fourth-order valence-corrected chi connectivity index (χ4v) is 3.38. The normalized spacial score (nSPS) is 10.7. The lowest BCUT2D eigenvalue weighted by Gasteiger charge is -2.15. The van der Waals surface area contributed by atoms with Crippen LogP contribution in [0, 0.1) is 0 Å². The van der Waals surface area contributed by atoms with Crippen LogP contribution in [-0.2, 0) is 11.3 Å². The predicted molar refractivity (Wildman–Crippen MR) is 91.3 cm³/mol. The molecule has 0 saturated carbocycles. The molecule has 2 aromatic heterocycles. The van der Waals surface area contributed by atoms with Crippen molar-refractivity contribution >= 4 is 29.0 Å². The monoisotopic (exact) mass is 345 g/mol. The van der Waals surface area contributed by atoms with Gasteiger partial charge < -0.3 is 9.32 Å². The zero-order valence-electron chi connectivity index (χ0n) is 12.5. The molecule has 23 heavy (non-hydrogen) atoms. The van der Waals surface area contributed by atoms with Gasteiger partial charge in [0, 0.05) is 17.5 Å². The molecule has 3 rings (SSSR count). The minimum atomic E-state index is 0.0304. The zero-order valence-corrected chi connectivity index (χ0v) is 14.1. The van der Waals surface area contributed by atoms with E-state index in [0.29, 0.717) is 17.7 Å². The van der Waals surface area contributed by atoms with Gasteiger partial charge in [-0.15, -0.1) is 21.5 Å². The molecule has 0 aliphatic carbocycles. The Morgan fingerprint density at radius 1 is 1.22 bits per heavy atom. The summed E-state index contributed by atoms with van der Waals surface area (Å²) < 4.78 is 5.58. The largest absolute Gasteiger partial charge is 0.411 e. The van der Waals surface area contributed by atoms with Crippen LogP contribution in [0.15, 0.2) is 57.5 Å². The maximum atomic E-state index is 12.1. The van der Waals surface area contributed by atoms with E-state index >= 15 is 0 Å². The van der Waals surface area contributed by atoms with Gasteiger partial charge in [-0.1, -0.05) is 36.0 Å². The number of hydrogen-bond donors (Lipinski definition) is 0. The number of thioether (sulfide) groups is 1. The maximum Gasteiger partial charge on any atom is 0.277 e. The Hall–Kier alpha value is -2.12. The molecule has 1 amide bonds. The standard InChI is InChI=1S/C16H15N3O2S2/c1-19(10-13-8-5-9-22-13)14(20)11-23-16-18-17-15(21-16)12-6-3-2-4-7-12/h2-9H,10-11H2,1H3. The van der Waals surface area contributed by atoms with Crippen molar-refractivity contribution < 1.29 is 9.21 Å². The molecule has 1 aromatic carbocycles. The van der Waals surface area contributed by atoms with Crippen LogP contribution in [0.5, 0.6) is 0 Å². The van der Waals surface area contributed by atoms with Gasteiger partial charge in [0.2, 0.25) is 11.8 Å². The number of benzene rings is 1. The molecule has 0 fully saturated rings. The van der Waals surface area contributed by atoms with E-state index in [1.807, 2.05) is 47.8 Å². The minimum absolute atomic E-state index is 0.0304. The van der Waals surface area contributed by atoms with E-state index < -0.39 is 0 Å². The van der Waals surface area contributed by atoms with Crippen molar-refractivity contribution in [2.75, 3.05) is 12.8 Å². The van der Waals surface area contributed by atoms with Crippen LogP contribution in [0.3, 0.4) is 0 Å². The molecular weight excluding hydrogens is 330 g/mol. The van der Waals surface area contributed by atoms with Gasteiger partial charge in [-0.25, -0.2) is 0 Å². The number of rotatable bonds is 6.